The quantitative estimate of drug-likeness (QED) is 0.802. The molecule has 0 radical (unpaired) electrons. The first kappa shape index (κ1) is 14.9. The van der Waals surface area contributed by atoms with Crippen molar-refractivity contribution in [3.63, 3.8) is 0 Å². The molecule has 0 aliphatic rings. The molecule has 0 bridgehead atoms. The summed E-state index contributed by atoms with van der Waals surface area (Å²) in [6.07, 6.45) is -3.92. The van der Waals surface area contributed by atoms with Crippen LogP contribution in [0, 0.1) is 5.82 Å². The molecule has 0 spiro atoms. The van der Waals surface area contributed by atoms with Gasteiger partial charge in [0.25, 0.3) is 0 Å². The third kappa shape index (κ3) is 4.27. The average Bonchev–Trinajstić information content (AvgIpc) is 2.28. The van der Waals surface area contributed by atoms with Crippen molar-refractivity contribution in [2.75, 3.05) is 6.61 Å². The topological polar surface area (TPSA) is 32.3 Å². The Morgan fingerprint density at radius 1 is 1.28 bits per heavy atom. The molecule has 6 heteroatoms. The summed E-state index contributed by atoms with van der Waals surface area (Å²) < 4.78 is 50.4. The lowest BCUT2D eigenvalue weighted by atomic mass is 10.1. The highest BCUT2D eigenvalue weighted by Gasteiger charge is 2.31. The first-order valence-electron chi connectivity index (χ1n) is 5.57. The first-order valence-corrected chi connectivity index (χ1v) is 5.57. The molecule has 0 saturated heterocycles. The molecule has 1 aromatic carbocycles. The van der Waals surface area contributed by atoms with Crippen LogP contribution in [0.1, 0.15) is 24.5 Å². The minimum absolute atomic E-state index is 0.0832. The van der Waals surface area contributed by atoms with Gasteiger partial charge in [-0.1, -0.05) is 6.92 Å². The number of nitrogens with one attached hydrogen (secondary N) is 1. The van der Waals surface area contributed by atoms with Crippen LogP contribution >= 0.6 is 0 Å². The van der Waals surface area contributed by atoms with Gasteiger partial charge in [0.1, 0.15) is 5.82 Å². The van der Waals surface area contributed by atoms with Gasteiger partial charge in [-0.25, -0.2) is 4.39 Å². The summed E-state index contributed by atoms with van der Waals surface area (Å²) in [5.74, 6) is -0.918. The summed E-state index contributed by atoms with van der Waals surface area (Å²) in [6.45, 7) is 1.80. The molecule has 0 unspecified atom stereocenters. The Bertz CT molecular complexity index is 388. The molecule has 1 atom stereocenters. The maximum atomic E-state index is 13.1. The second kappa shape index (κ2) is 6.15. The molecule has 0 amide bonds. The summed E-state index contributed by atoms with van der Waals surface area (Å²) in [4.78, 5) is 0. The van der Waals surface area contributed by atoms with Gasteiger partial charge in [0.05, 0.1) is 12.2 Å². The largest absolute Gasteiger partial charge is 0.416 e. The second-order valence-electron chi connectivity index (χ2n) is 4.01. The zero-order valence-electron chi connectivity index (χ0n) is 9.89. The summed E-state index contributed by atoms with van der Waals surface area (Å²) in [7, 11) is 0. The van der Waals surface area contributed by atoms with Crippen molar-refractivity contribution < 1.29 is 22.7 Å². The van der Waals surface area contributed by atoms with Gasteiger partial charge in [0.15, 0.2) is 0 Å². The van der Waals surface area contributed by atoms with Crippen LogP contribution in [0.4, 0.5) is 17.6 Å². The third-order valence-electron chi connectivity index (χ3n) is 2.59. The molecule has 1 rings (SSSR count). The van der Waals surface area contributed by atoms with Crippen LogP contribution in [0.15, 0.2) is 18.2 Å². The maximum absolute atomic E-state index is 13.1. The first-order chi connectivity index (χ1) is 8.36. The van der Waals surface area contributed by atoms with Crippen molar-refractivity contribution in [3.8, 4) is 0 Å². The molecule has 0 aromatic heterocycles. The fraction of sp³-hybridized carbons (Fsp3) is 0.500. The van der Waals surface area contributed by atoms with E-state index in [2.05, 4.69) is 5.32 Å². The van der Waals surface area contributed by atoms with Gasteiger partial charge in [-0.2, -0.15) is 13.2 Å². The minimum Gasteiger partial charge on any atom is -0.395 e. The van der Waals surface area contributed by atoms with E-state index in [0.717, 1.165) is 12.1 Å². The van der Waals surface area contributed by atoms with Crippen LogP contribution in [-0.2, 0) is 12.7 Å². The van der Waals surface area contributed by atoms with E-state index >= 15 is 0 Å². The molecule has 0 aliphatic carbocycles. The van der Waals surface area contributed by atoms with Crippen molar-refractivity contribution in [2.24, 2.45) is 0 Å². The Balaban J connectivity index is 2.81. The zero-order chi connectivity index (χ0) is 13.8. The predicted molar refractivity (Wildman–Crippen MR) is 59.4 cm³/mol. The van der Waals surface area contributed by atoms with Crippen LogP contribution < -0.4 is 5.32 Å². The normalized spacial score (nSPS) is 13.7. The van der Waals surface area contributed by atoms with Gasteiger partial charge in [-0.05, 0) is 30.2 Å². The molecule has 1 aromatic rings. The van der Waals surface area contributed by atoms with E-state index in [4.69, 9.17) is 5.11 Å². The van der Waals surface area contributed by atoms with Crippen molar-refractivity contribution in [1.29, 1.82) is 0 Å². The molecule has 0 saturated carbocycles. The molecule has 0 aliphatic heterocycles. The van der Waals surface area contributed by atoms with Gasteiger partial charge in [0.2, 0.25) is 0 Å². The lowest BCUT2D eigenvalue weighted by Crippen LogP contribution is -2.31. The molecule has 18 heavy (non-hydrogen) atoms. The Morgan fingerprint density at radius 3 is 2.44 bits per heavy atom. The monoisotopic (exact) mass is 265 g/mol. The Labute approximate surface area is 103 Å². The van der Waals surface area contributed by atoms with Gasteiger partial charge >= 0.3 is 6.18 Å². The van der Waals surface area contributed by atoms with Crippen LogP contribution in [0.2, 0.25) is 0 Å². The highest BCUT2D eigenvalue weighted by molar-refractivity contribution is 5.26. The number of benzene rings is 1. The van der Waals surface area contributed by atoms with Gasteiger partial charge in [0, 0.05) is 12.6 Å². The van der Waals surface area contributed by atoms with Crippen LogP contribution in [0.3, 0.4) is 0 Å². The fourth-order valence-electron chi connectivity index (χ4n) is 1.52. The van der Waals surface area contributed by atoms with E-state index in [9.17, 15) is 17.6 Å². The van der Waals surface area contributed by atoms with E-state index in [0.29, 0.717) is 12.5 Å². The van der Waals surface area contributed by atoms with E-state index in [1.165, 1.54) is 0 Å². The van der Waals surface area contributed by atoms with Crippen molar-refractivity contribution >= 4 is 0 Å². The number of rotatable bonds is 5. The molecule has 102 valence electrons. The number of halogens is 4. The fourth-order valence-corrected chi connectivity index (χ4v) is 1.52. The smallest absolute Gasteiger partial charge is 0.395 e. The van der Waals surface area contributed by atoms with Crippen LogP contribution in [-0.4, -0.2) is 17.8 Å². The Kier molecular flexibility index (Phi) is 5.10. The van der Waals surface area contributed by atoms with Crippen LogP contribution in [0.25, 0.3) is 0 Å². The standard InChI is InChI=1S/C12H15F4NO/c1-2-11(7-18)17-6-8-3-9(12(14,15)16)5-10(13)4-8/h3-5,11,17-18H,2,6-7H2,1H3/t11-/m0/s1. The molecular weight excluding hydrogens is 250 g/mol. The summed E-state index contributed by atoms with van der Waals surface area (Å²) in [6, 6.07) is 2.21. The molecule has 2 N–H and O–H groups in total. The van der Waals surface area contributed by atoms with Crippen molar-refractivity contribution in [3.05, 3.63) is 35.1 Å². The lowest BCUT2D eigenvalue weighted by molar-refractivity contribution is -0.137. The minimum atomic E-state index is -4.56. The summed E-state index contributed by atoms with van der Waals surface area (Å²) >= 11 is 0. The van der Waals surface area contributed by atoms with Crippen molar-refractivity contribution in [2.45, 2.75) is 32.1 Å². The number of hydrogen-bond acceptors (Lipinski definition) is 2. The van der Waals surface area contributed by atoms with Crippen LogP contribution in [0.5, 0.6) is 0 Å². The van der Waals surface area contributed by atoms with Crippen molar-refractivity contribution in [1.82, 2.24) is 5.32 Å². The number of hydrogen-bond donors (Lipinski definition) is 2. The third-order valence-corrected chi connectivity index (χ3v) is 2.59. The van der Waals surface area contributed by atoms with E-state index in [-0.39, 0.29) is 24.8 Å². The molecule has 0 fully saturated rings. The highest BCUT2D eigenvalue weighted by atomic mass is 19.4. The summed E-state index contributed by atoms with van der Waals surface area (Å²) in [5, 5.41) is 11.8. The van der Waals surface area contributed by atoms with Gasteiger partial charge in [-0.3, -0.25) is 0 Å². The summed E-state index contributed by atoms with van der Waals surface area (Å²) in [5.41, 5.74) is -0.800. The molecule has 2 nitrogen and oxygen atoms in total. The highest BCUT2D eigenvalue weighted by Crippen LogP contribution is 2.30. The predicted octanol–water partition coefficient (Wildman–Crippen LogP) is 2.71. The van der Waals surface area contributed by atoms with E-state index in [1.807, 2.05) is 6.92 Å². The van der Waals surface area contributed by atoms with Gasteiger partial charge < -0.3 is 10.4 Å². The molecular formula is C12H15F4NO. The zero-order valence-corrected chi connectivity index (χ0v) is 9.89. The van der Waals surface area contributed by atoms with E-state index in [1.54, 1.807) is 0 Å². The maximum Gasteiger partial charge on any atom is 0.416 e. The average molecular weight is 265 g/mol. The number of aliphatic hydroxyl groups is 1. The Morgan fingerprint density at radius 2 is 1.94 bits per heavy atom. The van der Waals surface area contributed by atoms with E-state index < -0.39 is 17.6 Å². The lowest BCUT2D eigenvalue weighted by Gasteiger charge is -2.15. The Hall–Kier alpha value is -1.14. The number of alkyl halides is 3. The second-order valence-corrected chi connectivity index (χ2v) is 4.01. The van der Waals surface area contributed by atoms with Gasteiger partial charge in [-0.15, -0.1) is 0 Å². The number of aliphatic hydroxyl groups excluding tert-OH is 1. The molecule has 0 heterocycles. The SMILES string of the molecule is CC[C@@H](CO)NCc1cc(F)cc(C(F)(F)F)c1.